The number of carbonyl (C=O) groups is 2. The Bertz CT molecular complexity index is 1260. The zero-order valence-corrected chi connectivity index (χ0v) is 18.2. The van der Waals surface area contributed by atoms with Crippen LogP contribution in [0, 0.1) is 0 Å². The summed E-state index contributed by atoms with van der Waals surface area (Å²) in [6, 6.07) is 26.7. The third kappa shape index (κ3) is 4.77. The van der Waals surface area contributed by atoms with Gasteiger partial charge in [0.25, 0.3) is 5.91 Å². The van der Waals surface area contributed by atoms with Gasteiger partial charge in [0, 0.05) is 17.3 Å². The van der Waals surface area contributed by atoms with Crippen LogP contribution in [0.3, 0.4) is 0 Å². The second-order valence-corrected chi connectivity index (χ2v) is 7.60. The van der Waals surface area contributed by atoms with Gasteiger partial charge in [0.1, 0.15) is 12.2 Å². The number of carbonyl (C=O) groups excluding carboxylic acids is 2. The van der Waals surface area contributed by atoms with E-state index in [4.69, 9.17) is 5.73 Å². The molecule has 0 aliphatic rings. The standard InChI is InChI=1S/C26H23N5O3/c27-23(32)18-31-17-20(24(30-31)19-10-4-1-5-11-19)16-28-29-25(33)26(34,21-12-6-2-7-13-21)22-14-8-3-9-15-22/h1-17,34H,18H2,(H2,27,32)(H,29,33)/b28-16-. The summed E-state index contributed by atoms with van der Waals surface area (Å²) in [6.07, 6.45) is 3.03. The SMILES string of the molecule is NC(=O)Cn1cc(/C=N\NC(=O)C(O)(c2ccccc2)c2ccccc2)c(-c2ccccc2)n1. The summed E-state index contributed by atoms with van der Waals surface area (Å²) in [5, 5.41) is 20.0. The highest BCUT2D eigenvalue weighted by atomic mass is 16.3. The number of aliphatic hydroxyl groups is 1. The zero-order valence-electron chi connectivity index (χ0n) is 18.2. The minimum absolute atomic E-state index is 0.0954. The highest BCUT2D eigenvalue weighted by molar-refractivity contribution is 5.93. The van der Waals surface area contributed by atoms with Crippen molar-refractivity contribution in [1.29, 1.82) is 0 Å². The summed E-state index contributed by atoms with van der Waals surface area (Å²) in [5.41, 5.74) is 8.57. The Morgan fingerprint density at radius 1 is 0.941 bits per heavy atom. The highest BCUT2D eigenvalue weighted by Gasteiger charge is 2.39. The van der Waals surface area contributed by atoms with Gasteiger partial charge in [-0.15, -0.1) is 0 Å². The van der Waals surface area contributed by atoms with Gasteiger partial charge in [-0.05, 0) is 11.1 Å². The number of nitrogens with one attached hydrogen (secondary N) is 1. The van der Waals surface area contributed by atoms with Crippen LogP contribution in [-0.2, 0) is 21.7 Å². The Hall–Kier alpha value is -4.56. The number of hydrazone groups is 1. The number of amides is 2. The largest absolute Gasteiger partial charge is 0.372 e. The molecule has 0 bridgehead atoms. The number of aromatic nitrogens is 2. The molecule has 34 heavy (non-hydrogen) atoms. The van der Waals surface area contributed by atoms with Gasteiger partial charge in [-0.2, -0.15) is 10.2 Å². The number of benzene rings is 3. The second kappa shape index (κ2) is 9.93. The van der Waals surface area contributed by atoms with Gasteiger partial charge in [-0.1, -0.05) is 91.0 Å². The third-order valence-corrected chi connectivity index (χ3v) is 5.24. The molecule has 8 nitrogen and oxygen atoms in total. The van der Waals surface area contributed by atoms with Gasteiger partial charge in [0.15, 0.2) is 5.60 Å². The lowest BCUT2D eigenvalue weighted by atomic mass is 9.85. The molecule has 170 valence electrons. The topological polar surface area (TPSA) is 123 Å². The molecule has 4 N–H and O–H groups in total. The van der Waals surface area contributed by atoms with Crippen molar-refractivity contribution in [2.24, 2.45) is 10.8 Å². The molecule has 0 aliphatic carbocycles. The molecule has 4 rings (SSSR count). The lowest BCUT2D eigenvalue weighted by Crippen LogP contribution is -2.43. The molecule has 1 heterocycles. The highest BCUT2D eigenvalue weighted by Crippen LogP contribution is 2.30. The van der Waals surface area contributed by atoms with Gasteiger partial charge < -0.3 is 10.8 Å². The molecule has 0 saturated heterocycles. The van der Waals surface area contributed by atoms with Crippen LogP contribution >= 0.6 is 0 Å². The van der Waals surface area contributed by atoms with Crippen molar-refractivity contribution >= 4 is 18.0 Å². The molecule has 0 radical (unpaired) electrons. The first kappa shape index (κ1) is 22.6. The minimum atomic E-state index is -1.95. The summed E-state index contributed by atoms with van der Waals surface area (Å²) >= 11 is 0. The number of rotatable bonds is 8. The van der Waals surface area contributed by atoms with E-state index in [2.05, 4.69) is 15.6 Å². The van der Waals surface area contributed by atoms with Gasteiger partial charge in [0.2, 0.25) is 5.91 Å². The summed E-state index contributed by atoms with van der Waals surface area (Å²) in [7, 11) is 0. The van der Waals surface area contributed by atoms with Gasteiger partial charge in [-0.25, -0.2) is 5.43 Å². The van der Waals surface area contributed by atoms with E-state index in [9.17, 15) is 14.7 Å². The normalized spacial score (nSPS) is 11.4. The van der Waals surface area contributed by atoms with Crippen molar-refractivity contribution in [2.75, 3.05) is 0 Å². The first-order chi connectivity index (χ1) is 16.5. The van der Waals surface area contributed by atoms with Crippen molar-refractivity contribution in [3.05, 3.63) is 114 Å². The summed E-state index contributed by atoms with van der Waals surface area (Å²) in [6.45, 7) is -0.0954. The fourth-order valence-electron chi connectivity index (χ4n) is 3.62. The van der Waals surface area contributed by atoms with Crippen LogP contribution < -0.4 is 11.2 Å². The second-order valence-electron chi connectivity index (χ2n) is 7.60. The van der Waals surface area contributed by atoms with Crippen LogP contribution in [0.25, 0.3) is 11.3 Å². The molecule has 0 saturated carbocycles. The van der Waals surface area contributed by atoms with E-state index < -0.39 is 17.4 Å². The van der Waals surface area contributed by atoms with Crippen LogP contribution in [0.5, 0.6) is 0 Å². The lowest BCUT2D eigenvalue weighted by Gasteiger charge is -2.27. The van der Waals surface area contributed by atoms with Gasteiger partial charge in [-0.3, -0.25) is 14.3 Å². The van der Waals surface area contributed by atoms with E-state index in [1.165, 1.54) is 10.9 Å². The van der Waals surface area contributed by atoms with Crippen LogP contribution in [0.15, 0.2) is 102 Å². The van der Waals surface area contributed by atoms with E-state index in [1.54, 1.807) is 66.9 Å². The third-order valence-electron chi connectivity index (χ3n) is 5.24. The summed E-state index contributed by atoms with van der Waals surface area (Å²) in [5.74, 6) is -1.25. The molecule has 0 aliphatic heterocycles. The smallest absolute Gasteiger partial charge is 0.281 e. The maximum Gasteiger partial charge on any atom is 0.281 e. The van der Waals surface area contributed by atoms with Crippen LogP contribution in [0.1, 0.15) is 16.7 Å². The van der Waals surface area contributed by atoms with E-state index in [0.29, 0.717) is 22.4 Å². The van der Waals surface area contributed by atoms with Crippen molar-refractivity contribution in [2.45, 2.75) is 12.1 Å². The van der Waals surface area contributed by atoms with Crippen molar-refractivity contribution in [1.82, 2.24) is 15.2 Å². The maximum absolute atomic E-state index is 13.2. The van der Waals surface area contributed by atoms with Crippen LogP contribution in [0.4, 0.5) is 0 Å². The molecule has 8 heteroatoms. The average Bonchev–Trinajstić information content (AvgIpc) is 3.26. The van der Waals surface area contributed by atoms with Crippen molar-refractivity contribution in [3.63, 3.8) is 0 Å². The van der Waals surface area contributed by atoms with Crippen LogP contribution in [-0.4, -0.2) is 32.9 Å². The molecule has 0 unspecified atom stereocenters. The van der Waals surface area contributed by atoms with E-state index in [1.807, 2.05) is 30.3 Å². The Morgan fingerprint density at radius 3 is 2.00 bits per heavy atom. The van der Waals surface area contributed by atoms with Crippen LogP contribution in [0.2, 0.25) is 0 Å². The number of hydrogen-bond acceptors (Lipinski definition) is 5. The first-order valence-corrected chi connectivity index (χ1v) is 10.6. The predicted octanol–water partition coefficient (Wildman–Crippen LogP) is 2.42. The Kier molecular flexibility index (Phi) is 6.61. The van der Waals surface area contributed by atoms with E-state index >= 15 is 0 Å². The Morgan fingerprint density at radius 2 is 1.47 bits per heavy atom. The average molecular weight is 454 g/mol. The molecule has 4 aromatic rings. The fraction of sp³-hybridized carbons (Fsp3) is 0.0769. The number of hydrogen-bond donors (Lipinski definition) is 3. The molecular formula is C26H23N5O3. The molecule has 1 aromatic heterocycles. The predicted molar refractivity (Wildman–Crippen MR) is 128 cm³/mol. The number of nitrogens with two attached hydrogens (primary N) is 1. The lowest BCUT2D eigenvalue weighted by molar-refractivity contribution is -0.136. The first-order valence-electron chi connectivity index (χ1n) is 10.6. The maximum atomic E-state index is 13.2. The number of primary amides is 1. The molecule has 0 atom stereocenters. The van der Waals surface area contributed by atoms with E-state index in [0.717, 1.165) is 5.56 Å². The fourth-order valence-corrected chi connectivity index (χ4v) is 3.62. The molecule has 2 amide bonds. The van der Waals surface area contributed by atoms with Crippen molar-refractivity contribution in [3.8, 4) is 11.3 Å². The summed E-state index contributed by atoms with van der Waals surface area (Å²) in [4.78, 5) is 24.6. The molecule has 3 aromatic carbocycles. The monoisotopic (exact) mass is 453 g/mol. The number of nitrogens with zero attached hydrogens (tertiary/aromatic N) is 3. The summed E-state index contributed by atoms with van der Waals surface area (Å²) < 4.78 is 1.41. The quantitative estimate of drug-likeness (QED) is 0.280. The minimum Gasteiger partial charge on any atom is -0.372 e. The Balaban J connectivity index is 1.64. The van der Waals surface area contributed by atoms with Gasteiger partial charge >= 0.3 is 0 Å². The zero-order chi connectivity index (χ0) is 24.0. The molecule has 0 fully saturated rings. The van der Waals surface area contributed by atoms with Gasteiger partial charge in [0.05, 0.1) is 6.21 Å². The Labute approximate surface area is 196 Å². The van der Waals surface area contributed by atoms with E-state index in [-0.39, 0.29) is 6.54 Å². The molecular weight excluding hydrogens is 430 g/mol. The van der Waals surface area contributed by atoms with Crippen molar-refractivity contribution < 1.29 is 14.7 Å². The molecule has 0 spiro atoms.